The van der Waals surface area contributed by atoms with Crippen LogP contribution >= 0.6 is 11.6 Å². The highest BCUT2D eigenvalue weighted by atomic mass is 35.5. The van der Waals surface area contributed by atoms with Gasteiger partial charge in [-0.1, -0.05) is 17.7 Å². The molecule has 0 saturated carbocycles. The first kappa shape index (κ1) is 8.83. The Labute approximate surface area is 74.0 Å². The van der Waals surface area contributed by atoms with Gasteiger partial charge in [0.05, 0.1) is 5.02 Å². The molecule has 0 spiro atoms. The molecule has 64 valence electrons. The Kier molecular flexibility index (Phi) is 2.52. The molecule has 0 aliphatic carbocycles. The lowest BCUT2D eigenvalue weighted by Gasteiger charge is -2.04. The molecule has 0 radical (unpaired) electrons. The van der Waals surface area contributed by atoms with Gasteiger partial charge in [-0.2, -0.15) is 5.90 Å². The third kappa shape index (κ3) is 1.49. The van der Waals surface area contributed by atoms with E-state index in [2.05, 4.69) is 4.84 Å². The van der Waals surface area contributed by atoms with E-state index in [0.29, 0.717) is 0 Å². The van der Waals surface area contributed by atoms with E-state index < -0.39 is 5.91 Å². The maximum absolute atomic E-state index is 10.8. The van der Waals surface area contributed by atoms with Gasteiger partial charge in [0.25, 0.3) is 5.91 Å². The predicted molar refractivity (Wildman–Crippen MR) is 44.8 cm³/mol. The van der Waals surface area contributed by atoms with E-state index in [1.165, 1.54) is 12.1 Å². The van der Waals surface area contributed by atoms with Gasteiger partial charge in [0.2, 0.25) is 0 Å². The van der Waals surface area contributed by atoms with Crippen LogP contribution in [0.25, 0.3) is 0 Å². The smallest absolute Gasteiger partial charge is 0.254 e. The summed E-state index contributed by atoms with van der Waals surface area (Å²) in [5.74, 6) is 4.40. The summed E-state index contributed by atoms with van der Waals surface area (Å²) in [5.41, 5.74) is 5.13. The fourth-order valence-electron chi connectivity index (χ4n) is 0.842. The van der Waals surface area contributed by atoms with Crippen molar-refractivity contribution in [3.63, 3.8) is 0 Å². The highest BCUT2D eigenvalue weighted by molar-refractivity contribution is 6.34. The third-order valence-corrected chi connectivity index (χ3v) is 1.66. The van der Waals surface area contributed by atoms with Crippen LogP contribution in [0.15, 0.2) is 18.2 Å². The molecule has 1 rings (SSSR count). The predicted octanol–water partition coefficient (Wildman–Crippen LogP) is 0.691. The van der Waals surface area contributed by atoms with E-state index in [-0.39, 0.29) is 16.3 Å². The molecular formula is C7H7ClN2O2. The number of benzene rings is 1. The van der Waals surface area contributed by atoms with E-state index in [1.54, 1.807) is 6.07 Å². The maximum Gasteiger partial charge on any atom is 0.254 e. The fourth-order valence-corrected chi connectivity index (χ4v) is 1.10. The molecule has 0 aliphatic heterocycles. The van der Waals surface area contributed by atoms with Crippen LogP contribution in [0, 0.1) is 0 Å². The summed E-state index contributed by atoms with van der Waals surface area (Å²) in [5, 5.41) is 0.227. The second kappa shape index (κ2) is 3.42. The number of halogens is 1. The second-order valence-electron chi connectivity index (χ2n) is 2.10. The number of nitrogens with two attached hydrogens (primary N) is 2. The van der Waals surface area contributed by atoms with E-state index in [4.69, 9.17) is 23.2 Å². The highest BCUT2D eigenvalue weighted by Gasteiger charge is 2.12. The molecule has 1 amide bonds. The van der Waals surface area contributed by atoms with Crippen molar-refractivity contribution in [1.82, 2.24) is 0 Å². The van der Waals surface area contributed by atoms with Gasteiger partial charge in [-0.05, 0) is 12.1 Å². The lowest BCUT2D eigenvalue weighted by Crippen LogP contribution is -2.15. The van der Waals surface area contributed by atoms with Crippen molar-refractivity contribution in [2.24, 2.45) is 11.6 Å². The van der Waals surface area contributed by atoms with Crippen LogP contribution in [-0.4, -0.2) is 5.91 Å². The van der Waals surface area contributed by atoms with Crippen molar-refractivity contribution in [3.05, 3.63) is 28.8 Å². The lowest BCUT2D eigenvalue weighted by molar-refractivity contribution is 0.0996. The molecule has 12 heavy (non-hydrogen) atoms. The SMILES string of the molecule is NOc1cccc(Cl)c1C(N)=O. The van der Waals surface area contributed by atoms with Crippen LogP contribution in [0.3, 0.4) is 0 Å². The van der Waals surface area contributed by atoms with Crippen molar-refractivity contribution in [1.29, 1.82) is 0 Å². The average Bonchev–Trinajstić information content (AvgIpc) is 2.03. The summed E-state index contributed by atoms with van der Waals surface area (Å²) in [7, 11) is 0. The maximum atomic E-state index is 10.8. The quantitative estimate of drug-likeness (QED) is 0.667. The Bertz CT molecular complexity index is 314. The van der Waals surface area contributed by atoms with Crippen LogP contribution in [-0.2, 0) is 0 Å². The van der Waals surface area contributed by atoms with Crippen molar-refractivity contribution >= 4 is 17.5 Å². The van der Waals surface area contributed by atoms with E-state index in [9.17, 15) is 4.79 Å². The summed E-state index contributed by atoms with van der Waals surface area (Å²) in [6, 6.07) is 4.65. The number of rotatable bonds is 2. The first-order valence-electron chi connectivity index (χ1n) is 3.12. The zero-order chi connectivity index (χ0) is 9.14. The molecule has 0 saturated heterocycles. The third-order valence-electron chi connectivity index (χ3n) is 1.35. The summed E-state index contributed by atoms with van der Waals surface area (Å²) in [4.78, 5) is 15.2. The summed E-state index contributed by atoms with van der Waals surface area (Å²) in [6.07, 6.45) is 0. The van der Waals surface area contributed by atoms with Crippen LogP contribution < -0.4 is 16.5 Å². The van der Waals surface area contributed by atoms with Crippen molar-refractivity contribution in [2.75, 3.05) is 0 Å². The van der Waals surface area contributed by atoms with Gasteiger partial charge in [-0.25, -0.2) is 0 Å². The zero-order valence-electron chi connectivity index (χ0n) is 6.08. The lowest BCUT2D eigenvalue weighted by atomic mass is 10.2. The molecule has 4 nitrogen and oxygen atoms in total. The van der Waals surface area contributed by atoms with Crippen LogP contribution in [0.5, 0.6) is 5.75 Å². The highest BCUT2D eigenvalue weighted by Crippen LogP contribution is 2.24. The van der Waals surface area contributed by atoms with Gasteiger partial charge in [0, 0.05) is 0 Å². The number of hydrogen-bond acceptors (Lipinski definition) is 3. The van der Waals surface area contributed by atoms with Crippen molar-refractivity contribution < 1.29 is 9.63 Å². The summed E-state index contributed by atoms with van der Waals surface area (Å²) < 4.78 is 0. The molecule has 0 aromatic heterocycles. The Morgan fingerprint density at radius 1 is 1.50 bits per heavy atom. The minimum Gasteiger partial charge on any atom is -0.411 e. The van der Waals surface area contributed by atoms with E-state index in [1.807, 2.05) is 0 Å². The summed E-state index contributed by atoms with van der Waals surface area (Å²) >= 11 is 5.67. The molecule has 0 atom stereocenters. The van der Waals surface area contributed by atoms with Crippen LogP contribution in [0.2, 0.25) is 5.02 Å². The number of carbonyl (C=O) groups is 1. The minimum absolute atomic E-state index is 0.0988. The molecule has 1 aromatic carbocycles. The average molecular weight is 187 g/mol. The number of primary amides is 1. The number of hydrogen-bond donors (Lipinski definition) is 2. The Morgan fingerprint density at radius 3 is 2.58 bits per heavy atom. The van der Waals surface area contributed by atoms with Gasteiger partial charge in [0.15, 0.2) is 5.75 Å². The molecular weight excluding hydrogens is 180 g/mol. The minimum atomic E-state index is -0.666. The zero-order valence-corrected chi connectivity index (χ0v) is 6.84. The van der Waals surface area contributed by atoms with Crippen LogP contribution in [0.1, 0.15) is 10.4 Å². The molecule has 5 heteroatoms. The Balaban J connectivity index is 3.29. The fraction of sp³-hybridized carbons (Fsp3) is 0. The van der Waals surface area contributed by atoms with Crippen LogP contribution in [0.4, 0.5) is 0 Å². The first-order chi connectivity index (χ1) is 5.66. The van der Waals surface area contributed by atoms with E-state index >= 15 is 0 Å². The van der Waals surface area contributed by atoms with Gasteiger partial charge < -0.3 is 10.6 Å². The van der Waals surface area contributed by atoms with Crippen molar-refractivity contribution in [3.8, 4) is 5.75 Å². The molecule has 0 unspecified atom stereocenters. The Hall–Kier alpha value is -1.26. The monoisotopic (exact) mass is 186 g/mol. The molecule has 4 N–H and O–H groups in total. The molecule has 0 heterocycles. The molecule has 0 aliphatic rings. The summed E-state index contributed by atoms with van der Waals surface area (Å²) in [6.45, 7) is 0. The van der Waals surface area contributed by atoms with Crippen molar-refractivity contribution in [2.45, 2.75) is 0 Å². The van der Waals surface area contributed by atoms with E-state index in [0.717, 1.165) is 0 Å². The van der Waals surface area contributed by atoms with Gasteiger partial charge >= 0.3 is 0 Å². The van der Waals surface area contributed by atoms with Gasteiger partial charge in [-0.3, -0.25) is 4.79 Å². The largest absolute Gasteiger partial charge is 0.411 e. The van der Waals surface area contributed by atoms with Gasteiger partial charge in [0.1, 0.15) is 5.56 Å². The second-order valence-corrected chi connectivity index (χ2v) is 2.50. The Morgan fingerprint density at radius 2 is 2.17 bits per heavy atom. The molecule has 1 aromatic rings. The molecule has 0 fully saturated rings. The first-order valence-corrected chi connectivity index (χ1v) is 3.49. The standard InChI is InChI=1S/C7H7ClN2O2/c8-4-2-1-3-5(12-10)6(4)7(9)11/h1-3H,10H2,(H2,9,11). The topological polar surface area (TPSA) is 78.3 Å². The molecule has 0 bridgehead atoms. The normalized spacial score (nSPS) is 9.50. The number of carbonyl (C=O) groups excluding carboxylic acids is 1. The number of amides is 1. The van der Waals surface area contributed by atoms with Gasteiger partial charge in [-0.15, -0.1) is 0 Å².